The molecule has 2 aromatic heterocycles. The predicted octanol–water partition coefficient (Wildman–Crippen LogP) is 6.08. The van der Waals surface area contributed by atoms with E-state index in [2.05, 4.69) is 36.6 Å². The number of methoxy groups -OCH3 is 1. The molecule has 30 heavy (non-hydrogen) atoms. The molecule has 0 radical (unpaired) electrons. The molecule has 3 heterocycles. The summed E-state index contributed by atoms with van der Waals surface area (Å²) in [7, 11) is 1.67. The molecule has 150 valence electrons. The van der Waals surface area contributed by atoms with Crippen molar-refractivity contribution in [3.05, 3.63) is 89.2 Å². The van der Waals surface area contributed by atoms with Crippen molar-refractivity contribution < 1.29 is 9.15 Å². The minimum Gasteiger partial charge on any atom is -0.497 e. The quantitative estimate of drug-likeness (QED) is 0.397. The smallest absolute Gasteiger partial charge is 0.207 e. The number of ether oxygens (including phenoxy) is 1. The van der Waals surface area contributed by atoms with Crippen LogP contribution < -0.4 is 9.75 Å². The fourth-order valence-electron chi connectivity index (χ4n) is 3.57. The second-order valence-electron chi connectivity index (χ2n) is 7.24. The highest BCUT2D eigenvalue weighted by Crippen LogP contribution is 2.39. The van der Waals surface area contributed by atoms with Crippen molar-refractivity contribution >= 4 is 22.2 Å². The van der Waals surface area contributed by atoms with Crippen molar-refractivity contribution in [2.24, 2.45) is 5.10 Å². The van der Waals surface area contributed by atoms with Gasteiger partial charge in [0.05, 0.1) is 24.8 Å². The number of benzene rings is 2. The van der Waals surface area contributed by atoms with Crippen LogP contribution in [0.15, 0.2) is 81.8 Å². The maximum absolute atomic E-state index is 5.74. The lowest BCUT2D eigenvalue weighted by Gasteiger charge is -2.18. The Morgan fingerprint density at radius 1 is 1.03 bits per heavy atom. The van der Waals surface area contributed by atoms with Gasteiger partial charge in [-0.05, 0) is 48.9 Å². The molecule has 4 aromatic rings. The summed E-state index contributed by atoms with van der Waals surface area (Å²) in [6, 6.07) is 20.3. The highest BCUT2D eigenvalue weighted by atomic mass is 32.1. The second kappa shape index (κ2) is 7.80. The van der Waals surface area contributed by atoms with Crippen LogP contribution in [-0.4, -0.2) is 17.8 Å². The van der Waals surface area contributed by atoms with E-state index >= 15 is 0 Å². The van der Waals surface area contributed by atoms with Gasteiger partial charge >= 0.3 is 0 Å². The van der Waals surface area contributed by atoms with Crippen molar-refractivity contribution in [1.29, 1.82) is 0 Å². The lowest BCUT2D eigenvalue weighted by molar-refractivity contribution is 0.415. The van der Waals surface area contributed by atoms with Crippen LogP contribution in [0.2, 0.25) is 0 Å². The molecule has 1 aliphatic heterocycles. The van der Waals surface area contributed by atoms with Gasteiger partial charge in [-0.25, -0.2) is 9.99 Å². The van der Waals surface area contributed by atoms with Crippen LogP contribution in [0.5, 0.6) is 5.75 Å². The van der Waals surface area contributed by atoms with Crippen molar-refractivity contribution in [3.8, 4) is 17.0 Å². The Morgan fingerprint density at radius 2 is 1.80 bits per heavy atom. The van der Waals surface area contributed by atoms with Crippen molar-refractivity contribution in [3.63, 3.8) is 0 Å². The van der Waals surface area contributed by atoms with Crippen LogP contribution in [0.4, 0.5) is 5.13 Å². The number of thiazole rings is 1. The summed E-state index contributed by atoms with van der Waals surface area (Å²) < 4.78 is 11.0. The van der Waals surface area contributed by atoms with Crippen molar-refractivity contribution in [2.45, 2.75) is 19.4 Å². The summed E-state index contributed by atoms with van der Waals surface area (Å²) >= 11 is 1.60. The van der Waals surface area contributed by atoms with Gasteiger partial charge in [0.2, 0.25) is 5.13 Å². The molecule has 0 fully saturated rings. The average molecular weight is 416 g/mol. The predicted molar refractivity (Wildman–Crippen MR) is 120 cm³/mol. The minimum absolute atomic E-state index is 0.0193. The number of aromatic nitrogens is 1. The van der Waals surface area contributed by atoms with Crippen LogP contribution in [0.25, 0.3) is 11.3 Å². The van der Waals surface area contributed by atoms with E-state index < -0.39 is 0 Å². The Labute approximate surface area is 179 Å². The number of hydrazone groups is 1. The third kappa shape index (κ3) is 3.50. The van der Waals surface area contributed by atoms with Gasteiger partial charge in [0.1, 0.15) is 17.6 Å². The normalized spacial score (nSPS) is 16.0. The number of hydrogen-bond acceptors (Lipinski definition) is 6. The maximum Gasteiger partial charge on any atom is 0.207 e. The van der Waals surface area contributed by atoms with Gasteiger partial charge in [0.25, 0.3) is 0 Å². The van der Waals surface area contributed by atoms with E-state index in [1.807, 2.05) is 41.4 Å². The number of anilines is 1. The van der Waals surface area contributed by atoms with Gasteiger partial charge in [0.15, 0.2) is 0 Å². The fraction of sp³-hybridized carbons (Fsp3) is 0.167. The van der Waals surface area contributed by atoms with Gasteiger partial charge in [-0.1, -0.05) is 29.8 Å². The summed E-state index contributed by atoms with van der Waals surface area (Å²) in [5, 5.41) is 9.87. The van der Waals surface area contributed by atoms with E-state index in [-0.39, 0.29) is 6.04 Å². The van der Waals surface area contributed by atoms with Crippen molar-refractivity contribution in [2.75, 3.05) is 12.1 Å². The summed E-state index contributed by atoms with van der Waals surface area (Å²) in [4.78, 5) is 4.88. The highest BCUT2D eigenvalue weighted by Gasteiger charge is 2.33. The maximum atomic E-state index is 5.74. The fourth-order valence-corrected chi connectivity index (χ4v) is 4.41. The van der Waals surface area contributed by atoms with Gasteiger partial charge in [0, 0.05) is 17.4 Å². The topological polar surface area (TPSA) is 50.9 Å². The summed E-state index contributed by atoms with van der Waals surface area (Å²) in [5.74, 6) is 1.72. The second-order valence-corrected chi connectivity index (χ2v) is 8.07. The first-order chi connectivity index (χ1) is 14.7. The first-order valence-corrected chi connectivity index (χ1v) is 10.7. The number of furan rings is 1. The van der Waals surface area contributed by atoms with Gasteiger partial charge in [-0.2, -0.15) is 5.10 Å². The molecule has 0 bridgehead atoms. The van der Waals surface area contributed by atoms with Crippen LogP contribution in [0, 0.1) is 6.92 Å². The molecule has 5 nitrogen and oxygen atoms in total. The van der Waals surface area contributed by atoms with E-state index in [1.165, 1.54) is 5.56 Å². The molecule has 2 aromatic carbocycles. The summed E-state index contributed by atoms with van der Waals surface area (Å²) in [5.41, 5.74) is 5.38. The summed E-state index contributed by atoms with van der Waals surface area (Å²) in [6.45, 7) is 2.09. The molecule has 1 atom stereocenters. The molecular weight excluding hydrogens is 394 g/mol. The molecule has 0 saturated heterocycles. The molecule has 0 unspecified atom stereocenters. The van der Waals surface area contributed by atoms with E-state index in [4.69, 9.17) is 19.2 Å². The Bertz CT molecular complexity index is 1160. The Hall–Kier alpha value is -3.38. The standard InChI is InChI=1S/C24H21N3O2S/c1-16-5-7-18(8-6-16)21-15-30-24(25-21)27-22(23-4-3-13-29-23)14-20(26-27)17-9-11-19(28-2)12-10-17/h3-13,15,22H,14H2,1-2H3/t22-/m0/s1. The zero-order valence-corrected chi connectivity index (χ0v) is 17.6. The van der Waals surface area contributed by atoms with E-state index in [9.17, 15) is 0 Å². The molecule has 6 heteroatoms. The number of aryl methyl sites for hydroxylation is 1. The highest BCUT2D eigenvalue weighted by molar-refractivity contribution is 7.14. The first kappa shape index (κ1) is 18.6. The van der Waals surface area contributed by atoms with Crippen LogP contribution in [-0.2, 0) is 0 Å². The van der Waals surface area contributed by atoms with Crippen LogP contribution in [0.3, 0.4) is 0 Å². The molecule has 5 rings (SSSR count). The third-order valence-corrected chi connectivity index (χ3v) is 6.07. The largest absolute Gasteiger partial charge is 0.497 e. The molecule has 0 N–H and O–H groups in total. The van der Waals surface area contributed by atoms with Crippen molar-refractivity contribution in [1.82, 2.24) is 4.98 Å². The average Bonchev–Trinajstić information content (AvgIpc) is 3.54. The van der Waals surface area contributed by atoms with E-state index in [1.54, 1.807) is 24.7 Å². The van der Waals surface area contributed by atoms with Gasteiger partial charge < -0.3 is 9.15 Å². The zero-order valence-electron chi connectivity index (χ0n) is 16.8. The Morgan fingerprint density at radius 3 is 2.50 bits per heavy atom. The number of nitrogens with zero attached hydrogens (tertiary/aromatic N) is 3. The SMILES string of the molecule is COc1ccc(C2=NN(c3nc(-c4ccc(C)cc4)cs3)[C@H](c3ccco3)C2)cc1. The molecule has 0 aliphatic carbocycles. The molecule has 0 spiro atoms. The van der Waals surface area contributed by atoms with E-state index in [0.717, 1.165) is 45.6 Å². The Kier molecular flexibility index (Phi) is 4.85. The molecule has 0 amide bonds. The van der Waals surface area contributed by atoms with Gasteiger partial charge in [-0.3, -0.25) is 0 Å². The Balaban J connectivity index is 1.50. The zero-order chi connectivity index (χ0) is 20.5. The summed E-state index contributed by atoms with van der Waals surface area (Å²) in [6.07, 6.45) is 2.46. The van der Waals surface area contributed by atoms with Crippen LogP contribution >= 0.6 is 11.3 Å². The lowest BCUT2D eigenvalue weighted by Crippen LogP contribution is -2.17. The number of rotatable bonds is 5. The molecular formula is C24H21N3O2S. The first-order valence-electron chi connectivity index (χ1n) is 9.78. The number of hydrogen-bond donors (Lipinski definition) is 0. The monoisotopic (exact) mass is 415 g/mol. The lowest BCUT2D eigenvalue weighted by atomic mass is 10.0. The molecule has 1 aliphatic rings. The third-order valence-electron chi connectivity index (χ3n) is 5.24. The molecule has 0 saturated carbocycles. The minimum atomic E-state index is -0.0193. The van der Waals surface area contributed by atoms with Crippen LogP contribution in [0.1, 0.15) is 29.3 Å². The van der Waals surface area contributed by atoms with E-state index in [0.29, 0.717) is 0 Å². The van der Waals surface area contributed by atoms with Gasteiger partial charge in [-0.15, -0.1) is 11.3 Å².